The monoisotopic (exact) mass is 304 g/mol. The van der Waals surface area contributed by atoms with Crippen molar-refractivity contribution in [3.8, 4) is 0 Å². The Labute approximate surface area is 125 Å². The van der Waals surface area contributed by atoms with Gasteiger partial charge >= 0.3 is 11.9 Å². The fourth-order valence-electron chi connectivity index (χ4n) is 1.48. The maximum atomic E-state index is 12.0. The number of rotatable bonds is 6. The van der Waals surface area contributed by atoms with Gasteiger partial charge in [-0.3, -0.25) is 0 Å². The minimum absolute atomic E-state index is 0.0669. The Bertz CT molecular complexity index is 602. The Balaban J connectivity index is 2.98. The van der Waals surface area contributed by atoms with Crippen LogP contribution in [0, 0.1) is 0 Å². The normalized spacial score (nSPS) is 12.1. The second kappa shape index (κ2) is 8.26. The summed E-state index contributed by atoms with van der Waals surface area (Å²) < 4.78 is 9.72. The molecule has 1 aromatic carbocycles. The van der Waals surface area contributed by atoms with Crippen molar-refractivity contribution in [3.63, 3.8) is 0 Å². The molecular weight excluding hydrogens is 292 g/mol. The van der Waals surface area contributed by atoms with Gasteiger partial charge in [0, 0.05) is 0 Å². The van der Waals surface area contributed by atoms with Gasteiger partial charge in [0.2, 0.25) is 24.6 Å². The Hall–Kier alpha value is -3.08. The van der Waals surface area contributed by atoms with Crippen molar-refractivity contribution in [1.29, 1.82) is 0 Å². The van der Waals surface area contributed by atoms with Gasteiger partial charge < -0.3 is 9.47 Å². The van der Waals surface area contributed by atoms with E-state index >= 15 is 0 Å². The van der Waals surface area contributed by atoms with E-state index in [-0.39, 0.29) is 11.1 Å². The SMILES string of the molecule is CC(N=C=O)OC(=O)c1ccccc1C(=O)OC(C)N=C=O. The number of isocyanates is 2. The Kier molecular flexibility index (Phi) is 6.37. The standard InChI is InChI=1S/C14H12N2O6/c1-9(15-7-17)21-13(19)11-5-3-4-6-12(11)14(20)22-10(2)16-8-18/h3-6,9-10H,1-2H3. The molecule has 1 aromatic rings. The zero-order valence-corrected chi connectivity index (χ0v) is 11.8. The quantitative estimate of drug-likeness (QED) is 0.445. The molecule has 0 N–H and O–H groups in total. The predicted molar refractivity (Wildman–Crippen MR) is 72.4 cm³/mol. The molecule has 1 rings (SSSR count). The molecule has 8 nitrogen and oxygen atoms in total. The van der Waals surface area contributed by atoms with E-state index in [1.165, 1.54) is 50.3 Å². The first-order valence-corrected chi connectivity index (χ1v) is 6.14. The van der Waals surface area contributed by atoms with E-state index in [1.807, 2.05) is 0 Å². The van der Waals surface area contributed by atoms with Gasteiger partial charge in [-0.15, -0.1) is 0 Å². The molecule has 0 radical (unpaired) electrons. The molecule has 2 unspecified atom stereocenters. The van der Waals surface area contributed by atoms with Crippen LogP contribution < -0.4 is 0 Å². The van der Waals surface area contributed by atoms with E-state index in [0.717, 1.165) is 0 Å². The second-order valence-corrected chi connectivity index (χ2v) is 4.00. The summed E-state index contributed by atoms with van der Waals surface area (Å²) in [5.74, 6) is -1.71. The minimum Gasteiger partial charge on any atom is -0.436 e. The summed E-state index contributed by atoms with van der Waals surface area (Å²) >= 11 is 0. The maximum absolute atomic E-state index is 12.0. The smallest absolute Gasteiger partial charge is 0.341 e. The number of nitrogens with zero attached hydrogens (tertiary/aromatic N) is 2. The number of aliphatic imine (C=N–C) groups is 2. The molecular formula is C14H12N2O6. The van der Waals surface area contributed by atoms with Crippen molar-refractivity contribution in [2.75, 3.05) is 0 Å². The van der Waals surface area contributed by atoms with Gasteiger partial charge in [0.1, 0.15) is 0 Å². The summed E-state index contributed by atoms with van der Waals surface area (Å²) in [6, 6.07) is 5.75. The van der Waals surface area contributed by atoms with Crippen LogP contribution >= 0.6 is 0 Å². The highest BCUT2D eigenvalue weighted by atomic mass is 16.6. The third-order valence-electron chi connectivity index (χ3n) is 2.39. The molecule has 0 heterocycles. The van der Waals surface area contributed by atoms with Crippen molar-refractivity contribution in [1.82, 2.24) is 0 Å². The highest BCUT2D eigenvalue weighted by Crippen LogP contribution is 2.14. The fraction of sp³-hybridized carbons (Fsp3) is 0.286. The van der Waals surface area contributed by atoms with E-state index in [0.29, 0.717) is 0 Å². The molecule has 22 heavy (non-hydrogen) atoms. The van der Waals surface area contributed by atoms with Gasteiger partial charge in [-0.2, -0.15) is 9.98 Å². The van der Waals surface area contributed by atoms with Crippen LogP contribution in [-0.4, -0.2) is 36.6 Å². The largest absolute Gasteiger partial charge is 0.436 e. The van der Waals surface area contributed by atoms with Crippen molar-refractivity contribution in [2.45, 2.75) is 26.3 Å². The average Bonchev–Trinajstić information content (AvgIpc) is 2.47. The first kappa shape index (κ1) is 17.0. The molecule has 0 amide bonds. The van der Waals surface area contributed by atoms with Crippen molar-refractivity contribution in [3.05, 3.63) is 35.4 Å². The second-order valence-electron chi connectivity index (χ2n) is 4.00. The zero-order chi connectivity index (χ0) is 16.5. The molecule has 0 aliphatic rings. The number of carbonyl (C=O) groups excluding carboxylic acids is 4. The lowest BCUT2D eigenvalue weighted by molar-refractivity contribution is 0.0310. The average molecular weight is 304 g/mol. The number of ether oxygens (including phenoxy) is 2. The van der Waals surface area contributed by atoms with E-state index in [1.54, 1.807) is 0 Å². The Morgan fingerprint density at radius 3 is 1.59 bits per heavy atom. The highest BCUT2D eigenvalue weighted by molar-refractivity contribution is 6.03. The lowest BCUT2D eigenvalue weighted by Crippen LogP contribution is -2.19. The first-order valence-electron chi connectivity index (χ1n) is 6.14. The number of hydrogen-bond acceptors (Lipinski definition) is 8. The maximum Gasteiger partial charge on any atom is 0.341 e. The van der Waals surface area contributed by atoms with E-state index < -0.39 is 24.4 Å². The number of hydrogen-bond donors (Lipinski definition) is 0. The van der Waals surface area contributed by atoms with Crippen molar-refractivity contribution < 1.29 is 28.7 Å². The van der Waals surface area contributed by atoms with E-state index in [4.69, 9.17) is 9.47 Å². The Morgan fingerprint density at radius 2 is 1.27 bits per heavy atom. The van der Waals surface area contributed by atoms with Gasteiger partial charge in [-0.1, -0.05) is 12.1 Å². The summed E-state index contributed by atoms with van der Waals surface area (Å²) in [6.07, 6.45) is 0.449. The molecule has 2 atom stereocenters. The van der Waals surface area contributed by atoms with Gasteiger partial charge in [0.25, 0.3) is 0 Å². The van der Waals surface area contributed by atoms with Crippen LogP contribution in [-0.2, 0) is 19.1 Å². The minimum atomic E-state index is -1.03. The molecule has 114 valence electrons. The molecule has 0 saturated heterocycles. The van der Waals surface area contributed by atoms with Crippen LogP contribution in [0.5, 0.6) is 0 Å². The molecule has 0 aliphatic carbocycles. The Morgan fingerprint density at radius 1 is 0.909 bits per heavy atom. The number of carbonyl (C=O) groups is 2. The van der Waals surface area contributed by atoms with Gasteiger partial charge in [-0.05, 0) is 26.0 Å². The summed E-state index contributed by atoms with van der Waals surface area (Å²) in [5.41, 5.74) is -0.134. The van der Waals surface area contributed by atoms with Gasteiger partial charge in [0.05, 0.1) is 11.1 Å². The van der Waals surface area contributed by atoms with Gasteiger partial charge in [-0.25, -0.2) is 19.2 Å². The third-order valence-corrected chi connectivity index (χ3v) is 2.39. The van der Waals surface area contributed by atoms with Crippen LogP contribution in [0.25, 0.3) is 0 Å². The summed E-state index contributed by atoms with van der Waals surface area (Å²) in [7, 11) is 0. The summed E-state index contributed by atoms with van der Waals surface area (Å²) in [6.45, 7) is 2.73. The zero-order valence-electron chi connectivity index (χ0n) is 11.8. The van der Waals surface area contributed by atoms with Crippen LogP contribution in [0.3, 0.4) is 0 Å². The lowest BCUT2D eigenvalue weighted by Gasteiger charge is -2.12. The molecule has 0 aliphatic heterocycles. The van der Waals surface area contributed by atoms with Crippen LogP contribution in [0.15, 0.2) is 34.3 Å². The van der Waals surface area contributed by atoms with Crippen molar-refractivity contribution in [2.24, 2.45) is 9.98 Å². The molecule has 0 saturated carbocycles. The third kappa shape index (κ3) is 4.79. The van der Waals surface area contributed by atoms with Crippen LogP contribution in [0.4, 0.5) is 0 Å². The molecule has 8 heteroatoms. The first-order chi connectivity index (χ1) is 10.5. The van der Waals surface area contributed by atoms with Crippen molar-refractivity contribution >= 4 is 24.1 Å². The van der Waals surface area contributed by atoms with Gasteiger partial charge in [0.15, 0.2) is 0 Å². The lowest BCUT2D eigenvalue weighted by atomic mass is 10.1. The van der Waals surface area contributed by atoms with E-state index in [2.05, 4.69) is 9.98 Å². The molecule has 0 spiro atoms. The summed E-state index contributed by atoms with van der Waals surface area (Å²) in [5, 5.41) is 0. The fourth-order valence-corrected chi connectivity index (χ4v) is 1.48. The topological polar surface area (TPSA) is 111 Å². The molecule has 0 bridgehead atoms. The highest BCUT2D eigenvalue weighted by Gasteiger charge is 2.21. The number of esters is 2. The van der Waals surface area contributed by atoms with E-state index in [9.17, 15) is 19.2 Å². The van der Waals surface area contributed by atoms with Crippen LogP contribution in [0.1, 0.15) is 34.6 Å². The molecule has 0 aromatic heterocycles. The molecule has 0 fully saturated rings. The summed E-state index contributed by atoms with van der Waals surface area (Å²) in [4.78, 5) is 50.5. The van der Waals surface area contributed by atoms with Crippen LogP contribution in [0.2, 0.25) is 0 Å². The predicted octanol–water partition coefficient (Wildman–Crippen LogP) is 1.36. The number of benzene rings is 1.